The van der Waals surface area contributed by atoms with E-state index >= 15 is 0 Å². The lowest BCUT2D eigenvalue weighted by Gasteiger charge is -1.97. The van der Waals surface area contributed by atoms with E-state index in [1.165, 1.54) is 0 Å². The molecule has 1 saturated heterocycles. The van der Waals surface area contributed by atoms with E-state index in [0.717, 1.165) is 13.0 Å². The Balaban J connectivity index is 0.000000247. The van der Waals surface area contributed by atoms with Crippen LogP contribution in [0.2, 0.25) is 0 Å². The fourth-order valence-electron chi connectivity index (χ4n) is 0.508. The summed E-state index contributed by atoms with van der Waals surface area (Å²) >= 11 is 0. The molecule has 1 fully saturated rings. The zero-order chi connectivity index (χ0) is 9.56. The Hall–Kier alpha value is -0.570. The van der Waals surface area contributed by atoms with Gasteiger partial charge in [0.1, 0.15) is 0 Å². The summed E-state index contributed by atoms with van der Waals surface area (Å²) in [6, 6.07) is 0. The minimum absolute atomic E-state index is 0.303. The Bertz CT molecular complexity index is 128. The van der Waals surface area contributed by atoms with E-state index in [1.54, 1.807) is 0 Å². The molecular weight excluding hydrogens is 156 g/mol. The summed E-state index contributed by atoms with van der Waals surface area (Å²) in [5.74, 6) is -0.190. The average Bonchev–Trinajstić information content (AvgIpc) is 2.69. The summed E-state index contributed by atoms with van der Waals surface area (Å²) in [6.07, 6.45) is 1.67. The van der Waals surface area contributed by atoms with E-state index < -0.39 is 5.97 Å². The largest absolute Gasteiger partial charge is 0.481 e. The van der Waals surface area contributed by atoms with Gasteiger partial charge in [0.25, 0.3) is 0 Å². The van der Waals surface area contributed by atoms with Gasteiger partial charge in [-0.05, 0) is 19.3 Å². The molecule has 0 aliphatic carbocycles. The summed E-state index contributed by atoms with van der Waals surface area (Å²) in [6.45, 7) is 7.08. The zero-order valence-electron chi connectivity index (χ0n) is 8.04. The van der Waals surface area contributed by atoms with Crippen molar-refractivity contribution < 1.29 is 14.6 Å². The molecule has 1 rings (SSSR count). The molecule has 0 aromatic carbocycles. The van der Waals surface area contributed by atoms with Gasteiger partial charge in [-0.3, -0.25) is 4.79 Å². The van der Waals surface area contributed by atoms with Gasteiger partial charge in [-0.15, -0.1) is 0 Å². The lowest BCUT2D eigenvalue weighted by atomic mass is 10.1. The highest BCUT2D eigenvalue weighted by molar-refractivity contribution is 5.66. The van der Waals surface area contributed by atoms with Gasteiger partial charge < -0.3 is 9.84 Å². The molecule has 3 heteroatoms. The van der Waals surface area contributed by atoms with Crippen molar-refractivity contribution >= 4 is 5.97 Å². The fourth-order valence-corrected chi connectivity index (χ4v) is 0.508. The molecule has 0 radical (unpaired) electrons. The third-order valence-corrected chi connectivity index (χ3v) is 1.44. The van der Waals surface area contributed by atoms with Crippen LogP contribution >= 0.6 is 0 Å². The third-order valence-electron chi connectivity index (χ3n) is 1.44. The maximum absolute atomic E-state index is 9.90. The number of hydrogen-bond acceptors (Lipinski definition) is 2. The topological polar surface area (TPSA) is 49.8 Å². The van der Waals surface area contributed by atoms with Gasteiger partial charge in [-0.1, -0.05) is 13.8 Å². The number of carboxylic acid groups (broad SMARTS) is 1. The summed E-state index contributed by atoms with van der Waals surface area (Å²) in [5, 5.41) is 8.16. The minimum Gasteiger partial charge on any atom is -0.481 e. The first-order chi connectivity index (χ1) is 5.52. The number of aliphatic carboxylic acids is 1. The van der Waals surface area contributed by atoms with Crippen LogP contribution in [0.25, 0.3) is 0 Å². The third kappa shape index (κ3) is 12.1. The zero-order valence-corrected chi connectivity index (χ0v) is 8.04. The van der Waals surface area contributed by atoms with Gasteiger partial charge in [0.15, 0.2) is 0 Å². The first-order valence-electron chi connectivity index (χ1n) is 4.35. The molecule has 1 aliphatic heterocycles. The molecule has 0 saturated carbocycles. The van der Waals surface area contributed by atoms with E-state index in [2.05, 4.69) is 6.92 Å². The number of ether oxygens (including phenoxy) is 1. The van der Waals surface area contributed by atoms with Gasteiger partial charge in [0, 0.05) is 6.42 Å². The molecule has 0 aromatic rings. The van der Waals surface area contributed by atoms with Crippen molar-refractivity contribution in [2.24, 2.45) is 5.92 Å². The van der Waals surface area contributed by atoms with Gasteiger partial charge >= 0.3 is 5.97 Å². The molecule has 1 atom stereocenters. The Morgan fingerprint density at radius 1 is 1.67 bits per heavy atom. The second-order valence-corrected chi connectivity index (χ2v) is 3.47. The van der Waals surface area contributed by atoms with Crippen molar-refractivity contribution in [3.63, 3.8) is 0 Å². The van der Waals surface area contributed by atoms with Crippen molar-refractivity contribution in [3.8, 4) is 0 Å². The van der Waals surface area contributed by atoms with Crippen LogP contribution < -0.4 is 0 Å². The molecule has 72 valence electrons. The SMILES string of the molecule is CC(C)CCC(=O)O.CC1CO1. The molecule has 1 aliphatic rings. The van der Waals surface area contributed by atoms with Crippen LogP contribution in [-0.4, -0.2) is 23.8 Å². The second-order valence-electron chi connectivity index (χ2n) is 3.47. The van der Waals surface area contributed by atoms with Crippen LogP contribution in [-0.2, 0) is 9.53 Å². The van der Waals surface area contributed by atoms with Crippen molar-refractivity contribution in [3.05, 3.63) is 0 Å². The number of epoxide rings is 1. The predicted octanol–water partition coefficient (Wildman–Crippen LogP) is 1.91. The first kappa shape index (κ1) is 11.4. The lowest BCUT2D eigenvalue weighted by molar-refractivity contribution is -0.137. The smallest absolute Gasteiger partial charge is 0.303 e. The molecule has 0 aromatic heterocycles. The molecule has 1 heterocycles. The summed E-state index contributed by atoms with van der Waals surface area (Å²) in [7, 11) is 0. The number of carbonyl (C=O) groups is 1. The van der Waals surface area contributed by atoms with Crippen LogP contribution in [0, 0.1) is 5.92 Å². The van der Waals surface area contributed by atoms with Crippen LogP contribution in [0.3, 0.4) is 0 Å². The van der Waals surface area contributed by atoms with E-state index in [1.807, 2.05) is 13.8 Å². The Morgan fingerprint density at radius 2 is 2.08 bits per heavy atom. The summed E-state index contributed by atoms with van der Waals surface area (Å²) < 4.78 is 4.71. The number of hydrogen-bond donors (Lipinski definition) is 1. The summed E-state index contributed by atoms with van der Waals surface area (Å²) in [4.78, 5) is 9.90. The highest BCUT2D eigenvalue weighted by atomic mass is 16.6. The molecule has 0 amide bonds. The molecule has 0 spiro atoms. The van der Waals surface area contributed by atoms with Crippen molar-refractivity contribution in [1.29, 1.82) is 0 Å². The van der Waals surface area contributed by atoms with Gasteiger partial charge in [0.05, 0.1) is 12.7 Å². The average molecular weight is 174 g/mol. The van der Waals surface area contributed by atoms with E-state index in [0.29, 0.717) is 18.4 Å². The van der Waals surface area contributed by atoms with Crippen molar-refractivity contribution in [1.82, 2.24) is 0 Å². The van der Waals surface area contributed by atoms with Gasteiger partial charge in [0.2, 0.25) is 0 Å². The standard InChI is InChI=1S/C6H12O2.C3H6O/c1-5(2)3-4-6(7)8;1-3-2-4-3/h5H,3-4H2,1-2H3,(H,7,8);3H,2H2,1H3. The molecule has 3 nitrogen and oxygen atoms in total. The van der Waals surface area contributed by atoms with E-state index in [4.69, 9.17) is 9.84 Å². The summed E-state index contributed by atoms with van der Waals surface area (Å²) in [5.41, 5.74) is 0. The fraction of sp³-hybridized carbons (Fsp3) is 0.889. The quantitative estimate of drug-likeness (QED) is 0.665. The maximum atomic E-state index is 9.90. The van der Waals surface area contributed by atoms with Gasteiger partial charge in [-0.25, -0.2) is 0 Å². The molecule has 1 unspecified atom stereocenters. The van der Waals surface area contributed by atoms with Crippen molar-refractivity contribution in [2.45, 2.75) is 39.7 Å². The minimum atomic E-state index is -0.696. The molecular formula is C9H18O3. The maximum Gasteiger partial charge on any atom is 0.303 e. The van der Waals surface area contributed by atoms with Crippen LogP contribution in [0.5, 0.6) is 0 Å². The second kappa shape index (κ2) is 6.00. The Labute approximate surface area is 73.7 Å². The van der Waals surface area contributed by atoms with Gasteiger partial charge in [-0.2, -0.15) is 0 Å². The molecule has 1 N–H and O–H groups in total. The predicted molar refractivity (Wildman–Crippen MR) is 47.1 cm³/mol. The Morgan fingerprint density at radius 3 is 2.17 bits per heavy atom. The molecule has 0 bridgehead atoms. The van der Waals surface area contributed by atoms with E-state index in [-0.39, 0.29) is 0 Å². The van der Waals surface area contributed by atoms with Crippen LogP contribution in [0.15, 0.2) is 0 Å². The normalized spacial score (nSPS) is 19.8. The monoisotopic (exact) mass is 174 g/mol. The Kier molecular flexibility index (Phi) is 5.72. The number of rotatable bonds is 3. The molecule has 12 heavy (non-hydrogen) atoms. The van der Waals surface area contributed by atoms with E-state index in [9.17, 15) is 4.79 Å². The highest BCUT2D eigenvalue weighted by Gasteiger charge is 2.13. The van der Waals surface area contributed by atoms with Crippen LogP contribution in [0.4, 0.5) is 0 Å². The first-order valence-corrected chi connectivity index (χ1v) is 4.35. The van der Waals surface area contributed by atoms with Crippen molar-refractivity contribution in [2.75, 3.05) is 6.61 Å². The number of carboxylic acids is 1. The highest BCUT2D eigenvalue weighted by Crippen LogP contribution is 2.04. The lowest BCUT2D eigenvalue weighted by Crippen LogP contribution is -1.97. The van der Waals surface area contributed by atoms with Crippen LogP contribution in [0.1, 0.15) is 33.6 Å².